The maximum atomic E-state index is 13.7. The Morgan fingerprint density at radius 1 is 0.966 bits per heavy atom. The third-order valence-electron chi connectivity index (χ3n) is 10.4. The molecule has 1 heteroatoms. The molecular formula is C28H44O. The van der Waals surface area contributed by atoms with Crippen molar-refractivity contribution in [3.05, 3.63) is 24.3 Å². The molecule has 1 nitrogen and oxygen atoms in total. The highest BCUT2D eigenvalue weighted by atomic mass is 16.1. The second-order valence-corrected chi connectivity index (χ2v) is 12.1. The summed E-state index contributed by atoms with van der Waals surface area (Å²) in [6, 6.07) is 0. The van der Waals surface area contributed by atoms with Crippen molar-refractivity contribution < 1.29 is 4.79 Å². The van der Waals surface area contributed by atoms with Gasteiger partial charge < -0.3 is 0 Å². The van der Waals surface area contributed by atoms with Crippen LogP contribution in [0.3, 0.4) is 0 Å². The molecule has 0 amide bonds. The van der Waals surface area contributed by atoms with Crippen molar-refractivity contribution in [1.82, 2.24) is 0 Å². The second-order valence-electron chi connectivity index (χ2n) is 12.1. The smallest absolute Gasteiger partial charge is 0.137 e. The number of Topliss-reactive ketones (excluding diaryl/α,β-unsaturated/α-hetero) is 1. The summed E-state index contributed by atoms with van der Waals surface area (Å²) in [5, 5.41) is 0. The highest BCUT2D eigenvalue weighted by Gasteiger charge is 2.62. The van der Waals surface area contributed by atoms with E-state index < -0.39 is 0 Å². The van der Waals surface area contributed by atoms with Gasteiger partial charge in [0, 0.05) is 12.3 Å². The zero-order valence-corrected chi connectivity index (χ0v) is 19.8. The first kappa shape index (κ1) is 21.4. The van der Waals surface area contributed by atoms with Gasteiger partial charge in [-0.1, -0.05) is 65.8 Å². The van der Waals surface area contributed by atoms with Crippen LogP contribution in [0.2, 0.25) is 0 Å². The molecule has 0 spiro atoms. The van der Waals surface area contributed by atoms with Gasteiger partial charge in [0.15, 0.2) is 0 Å². The SMILES string of the molecule is CC(C)[C@@H](C)/C=C/[C@@H](C)[C@@H]1CC[C@@H]2[C@H]3CC[C@H]4CC=CC[C@]4(C)[C@@H]3C(=O)C[C@@]21C. The van der Waals surface area contributed by atoms with Gasteiger partial charge in [-0.3, -0.25) is 4.79 Å². The number of fused-ring (bicyclic) bond motifs is 5. The van der Waals surface area contributed by atoms with Gasteiger partial charge in [0.25, 0.3) is 0 Å². The van der Waals surface area contributed by atoms with E-state index in [2.05, 4.69) is 65.8 Å². The first-order valence-electron chi connectivity index (χ1n) is 12.5. The number of carbonyl (C=O) groups excluding carboxylic acids is 1. The van der Waals surface area contributed by atoms with Crippen LogP contribution in [0.1, 0.15) is 86.5 Å². The fraction of sp³-hybridized carbons (Fsp3) is 0.821. The molecule has 0 aromatic carbocycles. The van der Waals surface area contributed by atoms with E-state index in [4.69, 9.17) is 0 Å². The molecule has 0 aromatic heterocycles. The number of rotatable bonds is 4. The van der Waals surface area contributed by atoms with E-state index >= 15 is 0 Å². The minimum atomic E-state index is 0.219. The number of hydrogen-bond acceptors (Lipinski definition) is 1. The van der Waals surface area contributed by atoms with E-state index in [1.54, 1.807) is 0 Å². The lowest BCUT2D eigenvalue weighted by Gasteiger charge is -2.59. The van der Waals surface area contributed by atoms with Crippen molar-refractivity contribution >= 4 is 5.78 Å². The highest BCUT2D eigenvalue weighted by molar-refractivity contribution is 5.84. The normalized spacial score (nSPS) is 46.4. The van der Waals surface area contributed by atoms with Crippen molar-refractivity contribution in [2.45, 2.75) is 86.5 Å². The van der Waals surface area contributed by atoms with Crippen molar-refractivity contribution in [2.24, 2.45) is 58.2 Å². The van der Waals surface area contributed by atoms with Crippen molar-refractivity contribution in [2.75, 3.05) is 0 Å². The first-order chi connectivity index (χ1) is 13.7. The molecule has 0 aliphatic heterocycles. The third-order valence-corrected chi connectivity index (χ3v) is 10.4. The van der Waals surface area contributed by atoms with E-state index in [0.29, 0.717) is 41.3 Å². The standard InChI is InChI=1S/C28H44O/c1-18(2)19(3)10-11-20(4)23-14-15-24-22-13-12-21-9-7-8-16-27(21,5)26(22)25(29)17-28(23,24)6/h7-8,10-11,18-24,26H,9,12-17H2,1-6H3/b11-10+/t19-,20+,21+,22+,23-,24+,26-,27-,28+/m0/s1. The zero-order chi connectivity index (χ0) is 21.0. The Kier molecular flexibility index (Phi) is 5.67. The van der Waals surface area contributed by atoms with Crippen LogP contribution in [0.15, 0.2) is 24.3 Å². The molecule has 29 heavy (non-hydrogen) atoms. The molecule has 4 aliphatic rings. The lowest BCUT2D eigenvalue weighted by atomic mass is 9.45. The number of ketones is 1. The van der Waals surface area contributed by atoms with Crippen LogP contribution in [-0.2, 0) is 4.79 Å². The van der Waals surface area contributed by atoms with Crippen LogP contribution in [-0.4, -0.2) is 5.78 Å². The Labute approximate surface area is 179 Å². The highest BCUT2D eigenvalue weighted by Crippen LogP contribution is 2.66. The summed E-state index contributed by atoms with van der Waals surface area (Å²) >= 11 is 0. The minimum Gasteiger partial charge on any atom is -0.299 e. The third kappa shape index (κ3) is 3.39. The van der Waals surface area contributed by atoms with E-state index in [-0.39, 0.29) is 10.8 Å². The second kappa shape index (κ2) is 7.69. The topological polar surface area (TPSA) is 17.1 Å². The Morgan fingerprint density at radius 3 is 2.45 bits per heavy atom. The molecule has 4 aliphatic carbocycles. The van der Waals surface area contributed by atoms with Crippen molar-refractivity contribution in [1.29, 1.82) is 0 Å². The summed E-state index contributed by atoms with van der Waals surface area (Å²) < 4.78 is 0. The van der Waals surface area contributed by atoms with Gasteiger partial charge in [0.2, 0.25) is 0 Å². The Bertz CT molecular complexity index is 686. The number of allylic oxidation sites excluding steroid dienone is 4. The van der Waals surface area contributed by atoms with Gasteiger partial charge in [-0.2, -0.15) is 0 Å². The molecule has 4 rings (SSSR count). The van der Waals surface area contributed by atoms with E-state index in [0.717, 1.165) is 24.7 Å². The Balaban J connectivity index is 1.57. The molecule has 0 N–H and O–H groups in total. The summed E-state index contributed by atoms with van der Waals surface area (Å²) in [4.78, 5) is 13.7. The van der Waals surface area contributed by atoms with E-state index in [9.17, 15) is 4.79 Å². The van der Waals surface area contributed by atoms with Crippen LogP contribution in [0.5, 0.6) is 0 Å². The van der Waals surface area contributed by atoms with Gasteiger partial charge in [0.05, 0.1) is 0 Å². The number of carbonyl (C=O) groups is 1. The summed E-state index contributed by atoms with van der Waals surface area (Å²) in [6.45, 7) is 14.3. The van der Waals surface area contributed by atoms with Gasteiger partial charge in [0.1, 0.15) is 5.78 Å². The van der Waals surface area contributed by atoms with Gasteiger partial charge in [-0.25, -0.2) is 0 Å². The zero-order valence-electron chi connectivity index (χ0n) is 19.8. The fourth-order valence-corrected chi connectivity index (χ4v) is 8.27. The lowest BCUT2D eigenvalue weighted by Crippen LogP contribution is -2.56. The Morgan fingerprint density at radius 2 is 1.72 bits per heavy atom. The lowest BCUT2D eigenvalue weighted by molar-refractivity contribution is -0.154. The molecule has 162 valence electrons. The van der Waals surface area contributed by atoms with Gasteiger partial charge in [-0.05, 0) is 90.8 Å². The molecule has 0 unspecified atom stereocenters. The summed E-state index contributed by atoms with van der Waals surface area (Å²) in [7, 11) is 0. The summed E-state index contributed by atoms with van der Waals surface area (Å²) in [6.07, 6.45) is 18.2. The van der Waals surface area contributed by atoms with Crippen LogP contribution in [0, 0.1) is 58.2 Å². The molecule has 0 saturated heterocycles. The Hall–Kier alpha value is -0.850. The molecule has 9 atom stereocenters. The largest absolute Gasteiger partial charge is 0.299 e. The maximum Gasteiger partial charge on any atom is 0.137 e. The fourth-order valence-electron chi connectivity index (χ4n) is 8.27. The molecule has 0 radical (unpaired) electrons. The van der Waals surface area contributed by atoms with E-state index in [1.807, 2.05) is 0 Å². The van der Waals surface area contributed by atoms with Crippen LogP contribution in [0.25, 0.3) is 0 Å². The monoisotopic (exact) mass is 396 g/mol. The molecule has 0 bridgehead atoms. The molecule has 0 heterocycles. The molecular weight excluding hydrogens is 352 g/mol. The molecule has 3 fully saturated rings. The number of hydrogen-bond donors (Lipinski definition) is 0. The van der Waals surface area contributed by atoms with Crippen molar-refractivity contribution in [3.63, 3.8) is 0 Å². The predicted octanol–water partition coefficient (Wildman–Crippen LogP) is 7.47. The average molecular weight is 397 g/mol. The summed E-state index contributed by atoms with van der Waals surface area (Å²) in [5.41, 5.74) is 0.448. The van der Waals surface area contributed by atoms with Crippen LogP contribution in [0.4, 0.5) is 0 Å². The van der Waals surface area contributed by atoms with Gasteiger partial charge in [-0.15, -0.1) is 0 Å². The quantitative estimate of drug-likeness (QED) is 0.450. The average Bonchev–Trinajstić information content (AvgIpc) is 3.01. The van der Waals surface area contributed by atoms with Crippen LogP contribution < -0.4 is 0 Å². The summed E-state index contributed by atoms with van der Waals surface area (Å²) in [5.74, 6) is 5.67. The van der Waals surface area contributed by atoms with E-state index in [1.165, 1.54) is 32.1 Å². The maximum absolute atomic E-state index is 13.7. The van der Waals surface area contributed by atoms with Gasteiger partial charge >= 0.3 is 0 Å². The predicted molar refractivity (Wildman–Crippen MR) is 122 cm³/mol. The van der Waals surface area contributed by atoms with Crippen LogP contribution >= 0.6 is 0 Å². The van der Waals surface area contributed by atoms with Crippen molar-refractivity contribution in [3.8, 4) is 0 Å². The minimum absolute atomic E-state index is 0.219. The molecule has 0 aromatic rings. The first-order valence-corrected chi connectivity index (χ1v) is 12.5. The molecule has 3 saturated carbocycles.